The minimum absolute atomic E-state index is 0.00771. The number of aliphatic hydroxyl groups excluding tert-OH is 3. The number of nitrogens with zero attached hydrogens (tertiary/aromatic N) is 4. The van der Waals surface area contributed by atoms with Crippen LogP contribution < -0.4 is 5.32 Å². The van der Waals surface area contributed by atoms with Crippen LogP contribution in [0.4, 0.5) is 5.82 Å². The first-order valence-corrected chi connectivity index (χ1v) is 7.46. The van der Waals surface area contributed by atoms with E-state index in [1.165, 1.54) is 0 Å². The van der Waals surface area contributed by atoms with Gasteiger partial charge in [-0.05, 0) is 23.9 Å². The van der Waals surface area contributed by atoms with E-state index in [2.05, 4.69) is 20.3 Å². The van der Waals surface area contributed by atoms with Gasteiger partial charge >= 0.3 is 0 Å². The number of hydrogen-bond donors (Lipinski definition) is 4. The van der Waals surface area contributed by atoms with E-state index in [9.17, 15) is 15.3 Å². The number of imidazole rings is 1. The third-order valence-corrected chi connectivity index (χ3v) is 5.27. The Hall–Kier alpha value is -1.48. The highest BCUT2D eigenvalue weighted by Crippen LogP contribution is 2.67. The summed E-state index contributed by atoms with van der Waals surface area (Å²) in [4.78, 5) is 12.6. The molecular weight excluding hydrogens is 310 g/mol. The first kappa shape index (κ1) is 14.1. The van der Waals surface area contributed by atoms with Crippen LogP contribution >= 0.6 is 11.6 Å². The van der Waals surface area contributed by atoms with Crippen LogP contribution in [0.5, 0.6) is 0 Å². The highest BCUT2D eigenvalue weighted by atomic mass is 35.5. The van der Waals surface area contributed by atoms with Crippen LogP contribution in [0.25, 0.3) is 11.2 Å². The van der Waals surface area contributed by atoms with Crippen LogP contribution in [-0.2, 0) is 0 Å². The zero-order valence-corrected chi connectivity index (χ0v) is 12.6. The molecule has 0 bridgehead atoms. The van der Waals surface area contributed by atoms with Crippen LogP contribution in [0.15, 0.2) is 6.33 Å². The van der Waals surface area contributed by atoms with Crippen LogP contribution in [-0.4, -0.2) is 60.7 Å². The normalized spacial score (nSPS) is 36.6. The molecule has 118 valence electrons. The number of nitrogens with one attached hydrogen (secondary N) is 1. The molecule has 22 heavy (non-hydrogen) atoms. The predicted octanol–water partition coefficient (Wildman–Crippen LogP) is -0.204. The molecule has 2 aromatic heterocycles. The first-order valence-electron chi connectivity index (χ1n) is 7.08. The minimum atomic E-state index is -0.977. The van der Waals surface area contributed by atoms with Gasteiger partial charge in [-0.25, -0.2) is 4.98 Å². The lowest BCUT2D eigenvalue weighted by atomic mass is 10.0. The fourth-order valence-electron chi connectivity index (χ4n) is 3.83. The molecule has 4 N–H and O–H groups in total. The van der Waals surface area contributed by atoms with Gasteiger partial charge in [0, 0.05) is 12.5 Å². The van der Waals surface area contributed by atoms with Crippen molar-refractivity contribution in [2.75, 3.05) is 19.0 Å². The van der Waals surface area contributed by atoms with Gasteiger partial charge in [0.1, 0.15) is 6.10 Å². The second-order valence-corrected chi connectivity index (χ2v) is 6.38. The summed E-state index contributed by atoms with van der Waals surface area (Å²) in [6.07, 6.45) is 0.313. The van der Waals surface area contributed by atoms with Crippen molar-refractivity contribution in [3.63, 3.8) is 0 Å². The molecule has 0 radical (unpaired) electrons. The molecule has 2 saturated carbocycles. The van der Waals surface area contributed by atoms with Gasteiger partial charge < -0.3 is 25.2 Å². The van der Waals surface area contributed by atoms with Gasteiger partial charge in [0.05, 0.1) is 25.1 Å². The summed E-state index contributed by atoms with van der Waals surface area (Å²) in [6, 6.07) is -0.386. The lowest BCUT2D eigenvalue weighted by Gasteiger charge is -2.23. The van der Waals surface area contributed by atoms with Crippen molar-refractivity contribution in [3.05, 3.63) is 11.6 Å². The van der Waals surface area contributed by atoms with Crippen molar-refractivity contribution in [3.8, 4) is 0 Å². The number of aliphatic hydroxyl groups is 3. The Balaban J connectivity index is 1.84. The van der Waals surface area contributed by atoms with Gasteiger partial charge in [-0.3, -0.25) is 0 Å². The summed E-state index contributed by atoms with van der Waals surface area (Å²) in [7, 11) is 1.71. The summed E-state index contributed by atoms with van der Waals surface area (Å²) in [5.74, 6) is 0.498. The maximum Gasteiger partial charge on any atom is 0.226 e. The number of rotatable bonds is 3. The molecule has 5 atom stereocenters. The van der Waals surface area contributed by atoms with E-state index in [1.807, 2.05) is 0 Å². The van der Waals surface area contributed by atoms with Crippen LogP contribution in [0, 0.1) is 11.3 Å². The zero-order chi connectivity index (χ0) is 15.6. The van der Waals surface area contributed by atoms with E-state index >= 15 is 0 Å². The van der Waals surface area contributed by atoms with Crippen molar-refractivity contribution >= 4 is 28.6 Å². The summed E-state index contributed by atoms with van der Waals surface area (Å²) in [5.41, 5.74) is 0.445. The molecule has 0 aromatic carbocycles. The van der Waals surface area contributed by atoms with Gasteiger partial charge in [0.2, 0.25) is 5.28 Å². The van der Waals surface area contributed by atoms with Gasteiger partial charge in [-0.2, -0.15) is 9.97 Å². The molecule has 9 heteroatoms. The van der Waals surface area contributed by atoms with Crippen molar-refractivity contribution in [1.29, 1.82) is 0 Å². The Labute approximate surface area is 130 Å². The van der Waals surface area contributed by atoms with Gasteiger partial charge in [-0.1, -0.05) is 0 Å². The topological polar surface area (TPSA) is 116 Å². The van der Waals surface area contributed by atoms with E-state index in [0.29, 0.717) is 23.4 Å². The molecule has 8 nitrogen and oxygen atoms in total. The summed E-state index contributed by atoms with van der Waals surface area (Å²) < 4.78 is 1.73. The summed E-state index contributed by atoms with van der Waals surface area (Å²) in [5, 5.41) is 33.2. The predicted molar refractivity (Wildman–Crippen MR) is 78.6 cm³/mol. The molecule has 1 unspecified atom stereocenters. The lowest BCUT2D eigenvalue weighted by Crippen LogP contribution is -2.35. The lowest BCUT2D eigenvalue weighted by molar-refractivity contribution is -0.0300. The van der Waals surface area contributed by atoms with Crippen molar-refractivity contribution in [1.82, 2.24) is 19.5 Å². The monoisotopic (exact) mass is 325 g/mol. The van der Waals surface area contributed by atoms with E-state index in [0.717, 1.165) is 0 Å². The van der Waals surface area contributed by atoms with E-state index < -0.39 is 17.6 Å². The van der Waals surface area contributed by atoms with Crippen LogP contribution in [0.2, 0.25) is 5.28 Å². The average molecular weight is 326 g/mol. The zero-order valence-electron chi connectivity index (χ0n) is 11.8. The van der Waals surface area contributed by atoms with Crippen LogP contribution in [0.3, 0.4) is 0 Å². The van der Waals surface area contributed by atoms with E-state index in [1.54, 1.807) is 17.9 Å². The molecule has 2 heterocycles. The maximum atomic E-state index is 10.4. The SMILES string of the molecule is CNc1nc(Cl)nc2c1ncn2[C@@H]1[C@H]2C[C@@]2(CO)C(O)[C@@H]1O. The number of hydrogen-bond acceptors (Lipinski definition) is 7. The minimum Gasteiger partial charge on any atom is -0.396 e. The molecule has 2 aliphatic rings. The highest BCUT2D eigenvalue weighted by molar-refractivity contribution is 6.28. The fourth-order valence-corrected chi connectivity index (χ4v) is 4.00. The quantitative estimate of drug-likeness (QED) is 0.577. The molecule has 2 fully saturated rings. The van der Waals surface area contributed by atoms with Crippen molar-refractivity contribution < 1.29 is 15.3 Å². The smallest absolute Gasteiger partial charge is 0.226 e. The molecule has 0 spiro atoms. The largest absolute Gasteiger partial charge is 0.396 e. The first-order chi connectivity index (χ1) is 10.5. The Kier molecular flexibility index (Phi) is 2.90. The van der Waals surface area contributed by atoms with Gasteiger partial charge in [0.25, 0.3) is 0 Å². The Morgan fingerprint density at radius 3 is 2.86 bits per heavy atom. The highest BCUT2D eigenvalue weighted by Gasteiger charge is 2.71. The second-order valence-electron chi connectivity index (χ2n) is 6.04. The number of halogens is 1. The number of anilines is 1. The van der Waals surface area contributed by atoms with Crippen LogP contribution in [0.1, 0.15) is 12.5 Å². The molecule has 4 rings (SSSR count). The van der Waals surface area contributed by atoms with E-state index in [4.69, 9.17) is 11.6 Å². The number of aromatic nitrogens is 4. The Morgan fingerprint density at radius 1 is 1.45 bits per heavy atom. The molecule has 0 saturated heterocycles. The van der Waals surface area contributed by atoms with Crippen molar-refractivity contribution in [2.45, 2.75) is 24.7 Å². The third kappa shape index (κ3) is 1.60. The maximum absolute atomic E-state index is 10.4. The molecule has 2 aromatic rings. The second kappa shape index (κ2) is 4.51. The summed E-state index contributed by atoms with van der Waals surface area (Å²) in [6.45, 7) is -0.142. The van der Waals surface area contributed by atoms with E-state index in [-0.39, 0.29) is 23.9 Å². The standard InChI is InChI=1S/C13H16ClN5O3/c1-15-10-6-11(18-12(14)17-10)19(4-16-6)7-5-2-13(5,3-20)9(22)8(7)21/h4-5,7-9,20-22H,2-3H2,1H3,(H,15,17,18)/t5-,7-,8-,9?,13+/m1/s1. The molecular formula is C13H16ClN5O3. The van der Waals surface area contributed by atoms with Gasteiger partial charge in [-0.15, -0.1) is 0 Å². The number of fused-ring (bicyclic) bond motifs is 2. The average Bonchev–Trinajstić information content (AvgIpc) is 3.04. The fraction of sp³-hybridized carbons (Fsp3) is 0.615. The molecule has 0 aliphatic heterocycles. The molecule has 2 aliphatic carbocycles. The molecule has 0 amide bonds. The third-order valence-electron chi connectivity index (χ3n) is 5.10. The Morgan fingerprint density at radius 2 is 2.23 bits per heavy atom. The Bertz CT molecular complexity index is 753. The van der Waals surface area contributed by atoms with Gasteiger partial charge in [0.15, 0.2) is 17.0 Å². The summed E-state index contributed by atoms with van der Waals surface area (Å²) >= 11 is 5.95. The van der Waals surface area contributed by atoms with Crippen molar-refractivity contribution in [2.24, 2.45) is 11.3 Å².